The molecule has 1 saturated carbocycles. The molecule has 1 aliphatic heterocycles. The minimum atomic E-state index is -1.10. The average Bonchev–Trinajstić information content (AvgIpc) is 3.43. The Morgan fingerprint density at radius 2 is 2.17 bits per heavy atom. The van der Waals surface area contributed by atoms with Gasteiger partial charge in [0.05, 0.1) is 25.7 Å². The summed E-state index contributed by atoms with van der Waals surface area (Å²) in [5.74, 6) is 0.282. The minimum absolute atomic E-state index is 0.0239. The summed E-state index contributed by atoms with van der Waals surface area (Å²) in [6.45, 7) is 8.41. The monoisotopic (exact) mass is 393 g/mol. The summed E-state index contributed by atoms with van der Waals surface area (Å²) in [6, 6.07) is 9.60. The van der Waals surface area contributed by atoms with Gasteiger partial charge in [0.2, 0.25) is 11.6 Å². The van der Waals surface area contributed by atoms with Crippen molar-refractivity contribution in [2.24, 2.45) is 5.92 Å². The van der Waals surface area contributed by atoms with Crippen LogP contribution in [-0.4, -0.2) is 46.7 Å². The van der Waals surface area contributed by atoms with Gasteiger partial charge >= 0.3 is 0 Å². The third kappa shape index (κ3) is 3.97. The van der Waals surface area contributed by atoms with Crippen LogP contribution in [0.5, 0.6) is 0 Å². The van der Waals surface area contributed by atoms with Crippen molar-refractivity contribution >= 4 is 22.5 Å². The molecule has 1 amide bonds. The van der Waals surface area contributed by atoms with Crippen LogP contribution < -0.4 is 5.32 Å². The molecule has 1 aromatic heterocycles. The SMILES string of the molecule is [C-]#[N+]c1cn(C[C@H]2CC[C@@H](NCC(=O)N3C[C@@H](F)C[C@H]3C#N)C2)c2ccccc12. The topological polar surface area (TPSA) is 65.4 Å². The summed E-state index contributed by atoms with van der Waals surface area (Å²) in [6.07, 6.45) is 3.95. The fraction of sp³-hybridized carbons (Fsp3) is 0.500. The van der Waals surface area contributed by atoms with E-state index in [9.17, 15) is 9.18 Å². The molecule has 0 unspecified atom stereocenters. The van der Waals surface area contributed by atoms with Gasteiger partial charge in [0.25, 0.3) is 0 Å². The maximum Gasteiger partial charge on any atom is 0.237 e. The maximum absolute atomic E-state index is 13.5. The average molecular weight is 393 g/mol. The normalized spacial score (nSPS) is 26.5. The van der Waals surface area contributed by atoms with Gasteiger partial charge < -0.3 is 14.8 Å². The van der Waals surface area contributed by atoms with Crippen molar-refractivity contribution in [1.82, 2.24) is 14.8 Å². The van der Waals surface area contributed by atoms with Crippen LogP contribution in [0.15, 0.2) is 30.5 Å². The van der Waals surface area contributed by atoms with Crippen molar-refractivity contribution in [3.8, 4) is 6.07 Å². The number of likely N-dealkylation sites (tertiary alicyclic amines) is 1. The fourth-order valence-electron chi connectivity index (χ4n) is 4.69. The Balaban J connectivity index is 1.32. The number of halogens is 1. The van der Waals surface area contributed by atoms with E-state index in [1.54, 1.807) is 0 Å². The Morgan fingerprint density at radius 1 is 1.34 bits per heavy atom. The second-order valence-corrected chi connectivity index (χ2v) is 8.08. The number of nitriles is 1. The summed E-state index contributed by atoms with van der Waals surface area (Å²) in [7, 11) is 0. The standard InChI is InChI=1S/C22H24FN5O/c1-25-20-14-27(21-5-3-2-4-19(20)21)12-15-6-7-17(8-15)26-11-22(29)28-13-16(23)9-18(28)10-24/h2-5,14-18,26H,6-9,11-13H2/t15-,16-,17+,18-/m0/s1. The number of nitrogens with one attached hydrogen (secondary N) is 1. The first-order valence-corrected chi connectivity index (χ1v) is 10.1. The quantitative estimate of drug-likeness (QED) is 0.792. The van der Waals surface area contributed by atoms with Crippen LogP contribution in [0.2, 0.25) is 0 Å². The molecule has 1 aliphatic carbocycles. The highest BCUT2D eigenvalue weighted by Crippen LogP contribution is 2.32. The van der Waals surface area contributed by atoms with Crippen LogP contribution in [-0.2, 0) is 11.3 Å². The van der Waals surface area contributed by atoms with Gasteiger partial charge in [-0.05, 0) is 31.2 Å². The Kier molecular flexibility index (Phi) is 5.51. The molecule has 4 atom stereocenters. The highest BCUT2D eigenvalue weighted by molar-refractivity contribution is 5.93. The zero-order valence-corrected chi connectivity index (χ0v) is 16.2. The van der Waals surface area contributed by atoms with Gasteiger partial charge in [-0.25, -0.2) is 9.24 Å². The summed E-state index contributed by atoms with van der Waals surface area (Å²) in [4.78, 5) is 17.4. The number of aromatic nitrogens is 1. The summed E-state index contributed by atoms with van der Waals surface area (Å²) in [5, 5.41) is 13.4. The van der Waals surface area contributed by atoms with Crippen molar-refractivity contribution < 1.29 is 9.18 Å². The van der Waals surface area contributed by atoms with Crippen LogP contribution in [0.4, 0.5) is 10.1 Å². The molecule has 150 valence electrons. The van der Waals surface area contributed by atoms with Crippen LogP contribution >= 0.6 is 0 Å². The van der Waals surface area contributed by atoms with Gasteiger partial charge in [-0.2, -0.15) is 5.26 Å². The predicted octanol–water partition coefficient (Wildman–Crippen LogP) is 3.41. The van der Waals surface area contributed by atoms with E-state index in [1.165, 1.54) is 4.90 Å². The van der Waals surface area contributed by atoms with Crippen molar-refractivity contribution in [2.45, 2.75) is 50.5 Å². The number of fused-ring (bicyclic) bond motifs is 1. The number of nitrogens with zero attached hydrogens (tertiary/aromatic N) is 4. The van der Waals surface area contributed by atoms with Gasteiger partial charge in [0, 0.05) is 36.1 Å². The summed E-state index contributed by atoms with van der Waals surface area (Å²) >= 11 is 0. The summed E-state index contributed by atoms with van der Waals surface area (Å²) < 4.78 is 15.7. The number of para-hydroxylation sites is 1. The van der Waals surface area contributed by atoms with E-state index in [0.29, 0.717) is 11.6 Å². The Hall–Kier alpha value is -2.90. The van der Waals surface area contributed by atoms with E-state index >= 15 is 0 Å². The molecule has 1 aromatic carbocycles. The molecule has 1 N–H and O–H groups in total. The van der Waals surface area contributed by atoms with Crippen LogP contribution in [0, 0.1) is 23.8 Å². The second-order valence-electron chi connectivity index (χ2n) is 8.08. The van der Waals surface area contributed by atoms with Crippen molar-refractivity contribution in [2.75, 3.05) is 13.1 Å². The number of carbonyl (C=O) groups is 1. The van der Waals surface area contributed by atoms with E-state index in [-0.39, 0.29) is 31.5 Å². The van der Waals surface area contributed by atoms with Crippen molar-refractivity contribution in [3.05, 3.63) is 41.9 Å². The number of alkyl halides is 1. The van der Waals surface area contributed by atoms with Gasteiger partial charge in [-0.15, -0.1) is 0 Å². The second kappa shape index (κ2) is 8.23. The maximum atomic E-state index is 13.5. The fourth-order valence-corrected chi connectivity index (χ4v) is 4.69. The number of benzene rings is 1. The zero-order chi connectivity index (χ0) is 20.4. The zero-order valence-electron chi connectivity index (χ0n) is 16.2. The van der Waals surface area contributed by atoms with Crippen molar-refractivity contribution in [1.29, 1.82) is 5.26 Å². The Morgan fingerprint density at radius 3 is 2.97 bits per heavy atom. The molecule has 29 heavy (non-hydrogen) atoms. The Bertz CT molecular complexity index is 987. The third-order valence-corrected chi connectivity index (χ3v) is 6.15. The molecule has 2 fully saturated rings. The number of hydrogen-bond donors (Lipinski definition) is 1. The van der Waals surface area contributed by atoms with Crippen LogP contribution in [0.3, 0.4) is 0 Å². The lowest BCUT2D eigenvalue weighted by atomic mass is 10.1. The van der Waals surface area contributed by atoms with E-state index in [1.807, 2.05) is 36.5 Å². The third-order valence-electron chi connectivity index (χ3n) is 6.15. The summed E-state index contributed by atoms with van der Waals surface area (Å²) in [5.41, 5.74) is 1.77. The molecule has 0 bridgehead atoms. The molecule has 4 rings (SSSR count). The highest BCUT2D eigenvalue weighted by Gasteiger charge is 2.35. The lowest BCUT2D eigenvalue weighted by Gasteiger charge is -2.21. The Labute approximate surface area is 169 Å². The molecule has 2 aliphatic rings. The molecule has 6 nitrogen and oxygen atoms in total. The van der Waals surface area contributed by atoms with E-state index in [2.05, 4.69) is 14.7 Å². The molecule has 7 heteroatoms. The van der Waals surface area contributed by atoms with Crippen molar-refractivity contribution in [3.63, 3.8) is 0 Å². The number of hydrogen-bond acceptors (Lipinski definition) is 3. The number of amides is 1. The number of carbonyl (C=O) groups excluding carboxylic acids is 1. The van der Waals surface area contributed by atoms with Crippen LogP contribution in [0.25, 0.3) is 15.7 Å². The van der Waals surface area contributed by atoms with Crippen LogP contribution in [0.1, 0.15) is 25.7 Å². The van der Waals surface area contributed by atoms with Gasteiger partial charge in [0.15, 0.2) is 0 Å². The first-order valence-electron chi connectivity index (χ1n) is 10.1. The molecular weight excluding hydrogens is 369 g/mol. The van der Waals surface area contributed by atoms with Gasteiger partial charge in [0.1, 0.15) is 12.2 Å². The molecule has 2 aromatic rings. The van der Waals surface area contributed by atoms with E-state index in [4.69, 9.17) is 11.8 Å². The van der Waals surface area contributed by atoms with Gasteiger partial charge in [-0.3, -0.25) is 4.79 Å². The van der Waals surface area contributed by atoms with E-state index in [0.717, 1.165) is 36.7 Å². The first-order chi connectivity index (χ1) is 14.1. The molecule has 0 radical (unpaired) electrons. The molecular formula is C22H24FN5O. The lowest BCUT2D eigenvalue weighted by Crippen LogP contribution is -2.43. The number of rotatable bonds is 5. The lowest BCUT2D eigenvalue weighted by molar-refractivity contribution is -0.130. The molecule has 1 saturated heterocycles. The smallest absolute Gasteiger partial charge is 0.237 e. The van der Waals surface area contributed by atoms with Gasteiger partial charge in [-0.1, -0.05) is 18.2 Å². The first kappa shape index (κ1) is 19.4. The van der Waals surface area contributed by atoms with E-state index < -0.39 is 12.2 Å². The highest BCUT2D eigenvalue weighted by atomic mass is 19.1. The predicted molar refractivity (Wildman–Crippen MR) is 108 cm³/mol. The molecule has 2 heterocycles. The minimum Gasteiger partial charge on any atom is -0.358 e. The largest absolute Gasteiger partial charge is 0.358 e. The molecule has 0 spiro atoms.